The molecule has 18 heavy (non-hydrogen) atoms. The molecular formula is C12H12N2O4. The smallest absolute Gasteiger partial charge is 0.335 e. The third kappa shape index (κ3) is 3.72. The van der Waals surface area contributed by atoms with E-state index in [1.807, 2.05) is 0 Å². The topological polar surface area (TPSA) is 98.7 Å². The minimum absolute atomic E-state index is 0.0599. The van der Waals surface area contributed by atoms with Crippen LogP contribution >= 0.6 is 0 Å². The highest BCUT2D eigenvalue weighted by Gasteiger charge is 2.09. The van der Waals surface area contributed by atoms with E-state index >= 15 is 0 Å². The summed E-state index contributed by atoms with van der Waals surface area (Å²) in [6.45, 7) is 1.84. The van der Waals surface area contributed by atoms with Crippen LogP contribution in [0.2, 0.25) is 0 Å². The van der Waals surface area contributed by atoms with Gasteiger partial charge in [0.25, 0.3) is 0 Å². The number of benzene rings is 1. The lowest BCUT2D eigenvalue weighted by Gasteiger charge is -2.07. The van der Waals surface area contributed by atoms with Crippen LogP contribution in [-0.2, 0) is 0 Å². The molecule has 0 fully saturated rings. The second-order valence-corrected chi connectivity index (χ2v) is 3.27. The zero-order chi connectivity index (χ0) is 13.5. The number of hydrogen-bond donors (Lipinski definition) is 4. The first-order valence-electron chi connectivity index (χ1n) is 5.05. The zero-order valence-corrected chi connectivity index (χ0v) is 9.65. The molecule has 0 atom stereocenters. The van der Waals surface area contributed by atoms with Crippen LogP contribution in [0.5, 0.6) is 5.75 Å². The van der Waals surface area contributed by atoms with Gasteiger partial charge < -0.3 is 20.8 Å². The summed E-state index contributed by atoms with van der Waals surface area (Å²) in [5.41, 5.74) is 0.0669. The van der Waals surface area contributed by atoms with Crippen molar-refractivity contribution in [1.29, 1.82) is 0 Å². The van der Waals surface area contributed by atoms with Gasteiger partial charge in [0.05, 0.1) is 17.8 Å². The Kier molecular flexibility index (Phi) is 4.58. The van der Waals surface area contributed by atoms with Gasteiger partial charge in [0, 0.05) is 0 Å². The highest BCUT2D eigenvalue weighted by molar-refractivity contribution is 5.93. The predicted octanol–water partition coefficient (Wildman–Crippen LogP) is 1.24. The van der Waals surface area contributed by atoms with E-state index in [2.05, 4.69) is 22.5 Å². The Balaban J connectivity index is 2.69. The molecule has 0 saturated heterocycles. The lowest BCUT2D eigenvalue weighted by Crippen LogP contribution is -2.28. The van der Waals surface area contributed by atoms with Crippen molar-refractivity contribution < 1.29 is 19.8 Å². The Bertz CT molecular complexity index is 529. The van der Waals surface area contributed by atoms with Gasteiger partial charge in [-0.25, -0.2) is 9.59 Å². The molecule has 0 unspecified atom stereocenters. The molecule has 0 heterocycles. The number of carbonyl (C=O) groups is 2. The number of phenolic OH excluding ortho intramolecular Hbond substituents is 1. The van der Waals surface area contributed by atoms with Crippen molar-refractivity contribution in [3.8, 4) is 17.6 Å². The fourth-order valence-corrected chi connectivity index (χ4v) is 1.15. The molecule has 0 aliphatic heterocycles. The molecule has 0 aliphatic rings. The summed E-state index contributed by atoms with van der Waals surface area (Å²) in [5.74, 6) is 3.79. The van der Waals surface area contributed by atoms with Gasteiger partial charge in [-0.1, -0.05) is 5.92 Å². The van der Waals surface area contributed by atoms with Crippen LogP contribution in [0.3, 0.4) is 0 Å². The number of phenols is 1. The van der Waals surface area contributed by atoms with E-state index in [4.69, 9.17) is 5.11 Å². The Hall–Kier alpha value is -2.68. The minimum atomic E-state index is -1.15. The molecule has 2 amide bonds. The Labute approximate surface area is 104 Å². The van der Waals surface area contributed by atoms with Gasteiger partial charge in [0.1, 0.15) is 5.75 Å². The van der Waals surface area contributed by atoms with Crippen LogP contribution < -0.4 is 10.6 Å². The van der Waals surface area contributed by atoms with Crippen LogP contribution in [0.25, 0.3) is 0 Å². The van der Waals surface area contributed by atoms with Crippen LogP contribution in [0.1, 0.15) is 17.3 Å². The molecule has 1 aromatic carbocycles. The molecule has 6 heteroatoms. The van der Waals surface area contributed by atoms with Gasteiger partial charge >= 0.3 is 12.0 Å². The van der Waals surface area contributed by atoms with Crippen molar-refractivity contribution >= 4 is 17.7 Å². The number of urea groups is 1. The van der Waals surface area contributed by atoms with Gasteiger partial charge in [0.15, 0.2) is 0 Å². The first-order valence-corrected chi connectivity index (χ1v) is 5.05. The summed E-state index contributed by atoms with van der Waals surface area (Å²) in [4.78, 5) is 22.0. The second kappa shape index (κ2) is 6.15. The van der Waals surface area contributed by atoms with Crippen molar-refractivity contribution in [2.75, 3.05) is 11.9 Å². The van der Waals surface area contributed by atoms with Crippen molar-refractivity contribution in [2.45, 2.75) is 6.92 Å². The molecule has 0 saturated carbocycles. The Morgan fingerprint density at radius 2 is 2.11 bits per heavy atom. The highest BCUT2D eigenvalue weighted by atomic mass is 16.4. The lowest BCUT2D eigenvalue weighted by molar-refractivity contribution is 0.0696. The van der Waals surface area contributed by atoms with Crippen LogP contribution in [0.4, 0.5) is 10.5 Å². The second-order valence-electron chi connectivity index (χ2n) is 3.27. The molecule has 0 aliphatic carbocycles. The standard InChI is InChI=1S/C12H12N2O4/c1-2-3-6-13-12(18)14-9-5-4-8(11(16)17)7-10(9)15/h4-5,7,15H,6H2,1H3,(H,16,17)(H2,13,14,18). The van der Waals surface area contributed by atoms with Crippen LogP contribution in [0.15, 0.2) is 18.2 Å². The van der Waals surface area contributed by atoms with Crippen molar-refractivity contribution in [1.82, 2.24) is 5.32 Å². The van der Waals surface area contributed by atoms with Crippen molar-refractivity contribution in [2.24, 2.45) is 0 Å². The minimum Gasteiger partial charge on any atom is -0.506 e. The molecule has 1 aromatic rings. The maximum atomic E-state index is 11.3. The van der Waals surface area contributed by atoms with Gasteiger partial charge in [0.2, 0.25) is 0 Å². The SMILES string of the molecule is CC#CCNC(=O)Nc1ccc(C(=O)O)cc1O. The lowest BCUT2D eigenvalue weighted by atomic mass is 10.2. The molecule has 1 rings (SSSR count). The fourth-order valence-electron chi connectivity index (χ4n) is 1.15. The van der Waals surface area contributed by atoms with E-state index in [9.17, 15) is 14.7 Å². The fraction of sp³-hybridized carbons (Fsp3) is 0.167. The Morgan fingerprint density at radius 1 is 1.39 bits per heavy atom. The Morgan fingerprint density at radius 3 is 2.67 bits per heavy atom. The molecule has 0 radical (unpaired) electrons. The average Bonchev–Trinajstić information content (AvgIpc) is 2.32. The first-order chi connectivity index (χ1) is 8.54. The number of aromatic carboxylic acids is 1. The maximum Gasteiger partial charge on any atom is 0.335 e. The number of anilines is 1. The maximum absolute atomic E-state index is 11.3. The average molecular weight is 248 g/mol. The molecule has 0 aromatic heterocycles. The third-order valence-corrected chi connectivity index (χ3v) is 2.01. The summed E-state index contributed by atoms with van der Waals surface area (Å²) in [6, 6.07) is 3.12. The molecule has 94 valence electrons. The predicted molar refractivity (Wildman–Crippen MR) is 65.5 cm³/mol. The number of carbonyl (C=O) groups excluding carboxylic acids is 1. The van der Waals surface area contributed by atoms with Gasteiger partial charge in [-0.15, -0.1) is 5.92 Å². The van der Waals surface area contributed by atoms with Crippen molar-refractivity contribution in [3.63, 3.8) is 0 Å². The van der Waals surface area contributed by atoms with Crippen molar-refractivity contribution in [3.05, 3.63) is 23.8 Å². The monoisotopic (exact) mass is 248 g/mol. The third-order valence-electron chi connectivity index (χ3n) is 2.01. The zero-order valence-electron chi connectivity index (χ0n) is 9.65. The summed E-state index contributed by atoms with van der Waals surface area (Å²) in [7, 11) is 0. The summed E-state index contributed by atoms with van der Waals surface area (Å²) < 4.78 is 0. The van der Waals surface area contributed by atoms with Gasteiger partial charge in [-0.3, -0.25) is 0 Å². The first kappa shape index (κ1) is 13.4. The van der Waals surface area contributed by atoms with Gasteiger partial charge in [-0.05, 0) is 25.1 Å². The summed E-state index contributed by atoms with van der Waals surface area (Å²) in [5, 5.41) is 23.0. The normalized spacial score (nSPS) is 8.94. The number of carboxylic acids is 1. The van der Waals surface area contributed by atoms with Crippen LogP contribution in [0, 0.1) is 11.8 Å². The quantitative estimate of drug-likeness (QED) is 0.477. The number of hydrogen-bond acceptors (Lipinski definition) is 3. The summed E-state index contributed by atoms with van der Waals surface area (Å²) in [6.07, 6.45) is 0. The molecule has 0 bridgehead atoms. The van der Waals surface area contributed by atoms with E-state index in [1.165, 1.54) is 12.1 Å². The molecule has 0 spiro atoms. The number of rotatable bonds is 3. The highest BCUT2D eigenvalue weighted by Crippen LogP contribution is 2.24. The largest absolute Gasteiger partial charge is 0.506 e. The van der Waals surface area contributed by atoms with E-state index in [1.54, 1.807) is 6.92 Å². The van der Waals surface area contributed by atoms with E-state index in [0.29, 0.717) is 0 Å². The number of nitrogens with one attached hydrogen (secondary N) is 2. The van der Waals surface area contributed by atoms with E-state index < -0.39 is 12.0 Å². The number of carboxylic acid groups (broad SMARTS) is 1. The molecule has 4 N–H and O–H groups in total. The van der Waals surface area contributed by atoms with Gasteiger partial charge in [-0.2, -0.15) is 0 Å². The number of amides is 2. The number of aromatic hydroxyl groups is 1. The van der Waals surface area contributed by atoms with E-state index in [-0.39, 0.29) is 23.5 Å². The van der Waals surface area contributed by atoms with Crippen LogP contribution in [-0.4, -0.2) is 28.8 Å². The summed E-state index contributed by atoms with van der Waals surface area (Å²) >= 11 is 0. The molecular weight excluding hydrogens is 236 g/mol. The van der Waals surface area contributed by atoms with E-state index in [0.717, 1.165) is 6.07 Å². The molecule has 6 nitrogen and oxygen atoms in total.